The van der Waals surface area contributed by atoms with Crippen LogP contribution in [0.5, 0.6) is 0 Å². The first-order chi connectivity index (χ1) is 11.4. The van der Waals surface area contributed by atoms with Crippen LogP contribution in [0.25, 0.3) is 0 Å². The third kappa shape index (κ3) is 7.18. The number of nitrogens with one attached hydrogen (secondary N) is 2. The van der Waals surface area contributed by atoms with Crippen molar-refractivity contribution in [3.63, 3.8) is 0 Å². The number of halogens is 4. The first-order valence-corrected chi connectivity index (χ1v) is 9.07. The van der Waals surface area contributed by atoms with Crippen LogP contribution in [0.4, 0.5) is 13.2 Å². The maximum Gasteiger partial charge on any atom is 0.417 e. The number of nitrogens with zero attached hydrogens (tertiary/aromatic N) is 1. The molecule has 0 aliphatic carbocycles. The van der Waals surface area contributed by atoms with Gasteiger partial charge in [-0.3, -0.25) is 4.79 Å². The van der Waals surface area contributed by atoms with Gasteiger partial charge in [-0.15, -0.1) is 0 Å². The number of benzene rings is 1. The molecule has 0 aliphatic heterocycles. The zero-order chi connectivity index (χ0) is 19.3. The van der Waals surface area contributed by atoms with Crippen molar-refractivity contribution in [2.24, 2.45) is 0 Å². The summed E-state index contributed by atoms with van der Waals surface area (Å²) in [5.74, 6) is -0.364. The van der Waals surface area contributed by atoms with Crippen LogP contribution in [0.2, 0.25) is 5.02 Å². The zero-order valence-corrected chi connectivity index (χ0v) is 15.2. The highest BCUT2D eigenvalue weighted by molar-refractivity contribution is 7.89. The molecule has 2 N–H and O–H groups in total. The number of amides is 1. The van der Waals surface area contributed by atoms with E-state index in [1.807, 2.05) is 19.0 Å². The standard InChI is InChI=1S/C14H19ClF3N3O3S/c1-21(2)8-7-19-13(22)5-6-20-25(23,24)10-3-4-12(15)11(9-10)14(16,17)18/h3-4,9,20H,5-8H2,1-2H3,(H,19,22). The van der Waals surface area contributed by atoms with E-state index in [9.17, 15) is 26.4 Å². The Balaban J connectivity index is 2.66. The maximum atomic E-state index is 12.8. The molecule has 6 nitrogen and oxygen atoms in total. The quantitative estimate of drug-likeness (QED) is 0.695. The summed E-state index contributed by atoms with van der Waals surface area (Å²) in [5.41, 5.74) is -1.24. The lowest BCUT2D eigenvalue weighted by Gasteiger charge is -2.12. The summed E-state index contributed by atoms with van der Waals surface area (Å²) in [6.07, 6.45) is -4.90. The second kappa shape index (κ2) is 8.84. The summed E-state index contributed by atoms with van der Waals surface area (Å²) in [6.45, 7) is 0.799. The first-order valence-electron chi connectivity index (χ1n) is 7.21. The Morgan fingerprint density at radius 3 is 2.44 bits per heavy atom. The molecule has 0 heterocycles. The number of hydrogen-bond donors (Lipinski definition) is 2. The van der Waals surface area contributed by atoms with Gasteiger partial charge in [0.05, 0.1) is 15.5 Å². The predicted octanol–water partition coefficient (Wildman–Crippen LogP) is 1.70. The van der Waals surface area contributed by atoms with E-state index in [2.05, 4.69) is 10.0 Å². The molecule has 1 amide bonds. The Kier molecular flexibility index (Phi) is 7.66. The second-order valence-electron chi connectivity index (χ2n) is 5.44. The van der Waals surface area contributed by atoms with Crippen LogP contribution in [0.1, 0.15) is 12.0 Å². The van der Waals surface area contributed by atoms with Crippen LogP contribution >= 0.6 is 11.6 Å². The molecule has 11 heteroatoms. The molecule has 0 atom stereocenters. The normalized spacial score (nSPS) is 12.4. The second-order valence-corrected chi connectivity index (χ2v) is 7.61. The fourth-order valence-corrected chi connectivity index (χ4v) is 3.06. The first kappa shape index (κ1) is 21.7. The van der Waals surface area contributed by atoms with E-state index >= 15 is 0 Å². The van der Waals surface area contributed by atoms with Gasteiger partial charge >= 0.3 is 6.18 Å². The number of alkyl halides is 3. The molecule has 1 aromatic rings. The maximum absolute atomic E-state index is 12.8. The molecule has 142 valence electrons. The summed E-state index contributed by atoms with van der Waals surface area (Å²) >= 11 is 5.46. The molecule has 0 radical (unpaired) electrons. The van der Waals surface area contributed by atoms with Crippen LogP contribution < -0.4 is 10.0 Å². The Morgan fingerprint density at radius 2 is 1.88 bits per heavy atom. The summed E-state index contributed by atoms with van der Waals surface area (Å²) < 4.78 is 64.6. The van der Waals surface area contributed by atoms with Crippen molar-refractivity contribution in [2.75, 3.05) is 33.7 Å². The van der Waals surface area contributed by atoms with E-state index in [-0.39, 0.29) is 18.9 Å². The van der Waals surface area contributed by atoms with Gasteiger partial charge in [0.15, 0.2) is 0 Å². The summed E-state index contributed by atoms with van der Waals surface area (Å²) in [7, 11) is -0.516. The van der Waals surface area contributed by atoms with Gasteiger partial charge in [-0.2, -0.15) is 13.2 Å². The average Bonchev–Trinajstić information content (AvgIpc) is 2.45. The van der Waals surface area contributed by atoms with Crippen molar-refractivity contribution in [2.45, 2.75) is 17.5 Å². The Hall–Kier alpha value is -1.36. The molecule has 0 saturated carbocycles. The molecular weight excluding hydrogens is 383 g/mol. The molecule has 0 aromatic heterocycles. The van der Waals surface area contributed by atoms with E-state index in [0.717, 1.165) is 12.1 Å². The van der Waals surface area contributed by atoms with Gasteiger partial charge in [0, 0.05) is 26.1 Å². The minimum atomic E-state index is -4.77. The van der Waals surface area contributed by atoms with E-state index in [4.69, 9.17) is 11.6 Å². The van der Waals surface area contributed by atoms with E-state index < -0.39 is 31.7 Å². The Morgan fingerprint density at radius 1 is 1.24 bits per heavy atom. The molecular formula is C14H19ClF3N3O3S. The van der Waals surface area contributed by atoms with Gasteiger partial charge in [-0.25, -0.2) is 13.1 Å². The molecule has 0 spiro atoms. The fraction of sp³-hybridized carbons (Fsp3) is 0.500. The molecule has 0 saturated heterocycles. The summed E-state index contributed by atoms with van der Waals surface area (Å²) in [6, 6.07) is 2.30. The number of likely N-dealkylation sites (N-methyl/N-ethyl adjacent to an activating group) is 1. The summed E-state index contributed by atoms with van der Waals surface area (Å²) in [5, 5.41) is 2.00. The number of hydrogen-bond acceptors (Lipinski definition) is 4. The third-order valence-electron chi connectivity index (χ3n) is 3.08. The van der Waals surface area contributed by atoms with Gasteiger partial charge in [-0.1, -0.05) is 11.6 Å². The predicted molar refractivity (Wildman–Crippen MR) is 87.8 cm³/mol. The smallest absolute Gasteiger partial charge is 0.355 e. The highest BCUT2D eigenvalue weighted by atomic mass is 35.5. The number of carbonyl (C=O) groups excluding carboxylic acids is 1. The SMILES string of the molecule is CN(C)CCNC(=O)CCNS(=O)(=O)c1ccc(Cl)c(C(F)(F)F)c1. The topological polar surface area (TPSA) is 78.5 Å². The van der Waals surface area contributed by atoms with Crippen LogP contribution in [0.3, 0.4) is 0 Å². The van der Waals surface area contributed by atoms with Crippen LogP contribution in [-0.4, -0.2) is 53.0 Å². The number of carbonyl (C=O) groups is 1. The zero-order valence-electron chi connectivity index (χ0n) is 13.7. The highest BCUT2D eigenvalue weighted by Gasteiger charge is 2.34. The lowest BCUT2D eigenvalue weighted by Crippen LogP contribution is -2.34. The lowest BCUT2D eigenvalue weighted by atomic mass is 10.2. The van der Waals surface area contributed by atoms with Crippen molar-refractivity contribution in [3.8, 4) is 0 Å². The lowest BCUT2D eigenvalue weighted by molar-refractivity contribution is -0.137. The molecule has 1 rings (SSSR count). The van der Waals surface area contributed by atoms with E-state index in [1.54, 1.807) is 0 Å². The summed E-state index contributed by atoms with van der Waals surface area (Å²) in [4.78, 5) is 12.8. The molecule has 25 heavy (non-hydrogen) atoms. The fourth-order valence-electron chi connectivity index (χ4n) is 1.78. The third-order valence-corrected chi connectivity index (χ3v) is 4.87. The van der Waals surface area contributed by atoms with Crippen LogP contribution in [0.15, 0.2) is 23.1 Å². The van der Waals surface area contributed by atoms with Crippen LogP contribution in [0, 0.1) is 0 Å². The molecule has 0 fully saturated rings. The van der Waals surface area contributed by atoms with Gasteiger partial charge in [0.1, 0.15) is 0 Å². The Bertz CT molecular complexity index is 709. The average molecular weight is 402 g/mol. The molecule has 0 bridgehead atoms. The number of sulfonamides is 1. The molecule has 1 aromatic carbocycles. The number of rotatable bonds is 8. The minimum absolute atomic E-state index is 0.133. The van der Waals surface area contributed by atoms with Gasteiger partial charge in [0.2, 0.25) is 15.9 Å². The highest BCUT2D eigenvalue weighted by Crippen LogP contribution is 2.35. The Labute approximate surface area is 149 Å². The van der Waals surface area contributed by atoms with E-state index in [1.165, 1.54) is 0 Å². The van der Waals surface area contributed by atoms with Crippen molar-refractivity contribution in [1.82, 2.24) is 14.9 Å². The van der Waals surface area contributed by atoms with Crippen molar-refractivity contribution in [3.05, 3.63) is 28.8 Å². The monoisotopic (exact) mass is 401 g/mol. The van der Waals surface area contributed by atoms with Crippen molar-refractivity contribution >= 4 is 27.5 Å². The van der Waals surface area contributed by atoms with Crippen molar-refractivity contribution < 1.29 is 26.4 Å². The molecule has 0 unspecified atom stereocenters. The van der Waals surface area contributed by atoms with Crippen molar-refractivity contribution in [1.29, 1.82) is 0 Å². The largest absolute Gasteiger partial charge is 0.417 e. The van der Waals surface area contributed by atoms with Gasteiger partial charge in [-0.05, 0) is 32.3 Å². The van der Waals surface area contributed by atoms with Gasteiger partial charge < -0.3 is 10.2 Å². The van der Waals surface area contributed by atoms with E-state index in [0.29, 0.717) is 19.2 Å². The molecule has 0 aliphatic rings. The van der Waals surface area contributed by atoms with Gasteiger partial charge in [0.25, 0.3) is 0 Å². The minimum Gasteiger partial charge on any atom is -0.355 e. The van der Waals surface area contributed by atoms with Crippen LogP contribution in [-0.2, 0) is 21.0 Å².